The van der Waals surface area contributed by atoms with Gasteiger partial charge in [-0.05, 0) is 31.1 Å². The quantitative estimate of drug-likeness (QED) is 0.593. The minimum Gasteiger partial charge on any atom is -0.391 e. The Morgan fingerprint density at radius 1 is 1.53 bits per heavy atom. The predicted octanol–water partition coefficient (Wildman–Crippen LogP) is 0.247. The molecule has 1 rings (SSSR count). The van der Waals surface area contributed by atoms with Crippen LogP contribution in [-0.4, -0.2) is 29.7 Å². The van der Waals surface area contributed by atoms with Crippen LogP contribution in [0.2, 0.25) is 0 Å². The van der Waals surface area contributed by atoms with E-state index in [2.05, 4.69) is 5.32 Å². The van der Waals surface area contributed by atoms with E-state index >= 15 is 0 Å². The first kappa shape index (κ1) is 12.5. The van der Waals surface area contributed by atoms with E-state index in [-0.39, 0.29) is 12.0 Å². The average Bonchev–Trinajstić information content (AvgIpc) is 2.95. The number of carbonyl (C=O) groups excluding carboxylic acids is 1. The molecule has 0 radical (unpaired) electrons. The number of nitrogens with one attached hydrogen (secondary N) is 1. The minimum absolute atomic E-state index is 0.150. The van der Waals surface area contributed by atoms with Crippen LogP contribution in [0.4, 0.5) is 0 Å². The molecule has 4 heteroatoms. The van der Waals surface area contributed by atoms with Crippen molar-refractivity contribution in [3.05, 3.63) is 0 Å². The number of hydrogen-bond donors (Lipinski definition) is 3. The van der Waals surface area contributed by atoms with Crippen LogP contribution in [0.15, 0.2) is 0 Å². The topological polar surface area (TPSA) is 75.4 Å². The summed E-state index contributed by atoms with van der Waals surface area (Å²) in [6, 6.07) is -0.448. The first-order valence-electron chi connectivity index (χ1n) is 5.72. The summed E-state index contributed by atoms with van der Waals surface area (Å²) in [7, 11) is 0. The van der Waals surface area contributed by atoms with Crippen LogP contribution in [0, 0.1) is 11.8 Å². The number of amides is 1. The minimum atomic E-state index is -0.448. The van der Waals surface area contributed by atoms with Gasteiger partial charge in [-0.15, -0.1) is 0 Å². The van der Waals surface area contributed by atoms with Gasteiger partial charge in [-0.1, -0.05) is 13.8 Å². The molecule has 0 heterocycles. The van der Waals surface area contributed by atoms with Gasteiger partial charge < -0.3 is 16.2 Å². The molecule has 2 unspecified atom stereocenters. The Kier molecular flexibility index (Phi) is 4.54. The van der Waals surface area contributed by atoms with E-state index in [1.54, 1.807) is 0 Å². The molecule has 4 N–H and O–H groups in total. The van der Waals surface area contributed by atoms with E-state index in [0.717, 1.165) is 12.8 Å². The van der Waals surface area contributed by atoms with Gasteiger partial charge in [-0.25, -0.2) is 0 Å². The normalized spacial score (nSPS) is 20.1. The Bertz CT molecular complexity index is 215. The Morgan fingerprint density at radius 3 is 2.60 bits per heavy atom. The van der Waals surface area contributed by atoms with Crippen molar-refractivity contribution >= 4 is 5.91 Å². The van der Waals surface area contributed by atoms with Crippen LogP contribution in [0.5, 0.6) is 0 Å². The third-order valence-corrected chi connectivity index (χ3v) is 2.71. The molecule has 88 valence electrons. The van der Waals surface area contributed by atoms with Crippen molar-refractivity contribution in [1.29, 1.82) is 0 Å². The van der Waals surface area contributed by atoms with Crippen LogP contribution < -0.4 is 11.1 Å². The fourth-order valence-electron chi connectivity index (χ4n) is 1.60. The maximum Gasteiger partial charge on any atom is 0.237 e. The van der Waals surface area contributed by atoms with Gasteiger partial charge in [0.05, 0.1) is 12.1 Å². The zero-order valence-corrected chi connectivity index (χ0v) is 9.57. The summed E-state index contributed by atoms with van der Waals surface area (Å²) in [6.07, 6.45) is 2.45. The van der Waals surface area contributed by atoms with Crippen molar-refractivity contribution in [2.75, 3.05) is 6.54 Å². The second-order valence-corrected chi connectivity index (χ2v) is 4.89. The molecule has 1 saturated carbocycles. The Morgan fingerprint density at radius 2 is 2.13 bits per heavy atom. The third kappa shape index (κ3) is 4.62. The summed E-state index contributed by atoms with van der Waals surface area (Å²) in [5.41, 5.74) is 5.70. The summed E-state index contributed by atoms with van der Waals surface area (Å²) < 4.78 is 0. The summed E-state index contributed by atoms with van der Waals surface area (Å²) in [6.45, 7) is 4.41. The summed E-state index contributed by atoms with van der Waals surface area (Å²) in [4.78, 5) is 11.5. The van der Waals surface area contributed by atoms with E-state index in [1.807, 2.05) is 13.8 Å². The SMILES string of the molecule is CC(C)CC(N)C(=O)NCC(O)C1CC1. The standard InChI is InChI=1S/C11H22N2O2/c1-7(2)5-9(12)11(15)13-6-10(14)8-3-4-8/h7-10,14H,3-6,12H2,1-2H3,(H,13,15). The van der Waals surface area contributed by atoms with Gasteiger partial charge in [0.2, 0.25) is 5.91 Å². The van der Waals surface area contributed by atoms with E-state index in [4.69, 9.17) is 5.73 Å². The van der Waals surface area contributed by atoms with E-state index in [1.165, 1.54) is 0 Å². The molecule has 15 heavy (non-hydrogen) atoms. The molecule has 1 aliphatic rings. The van der Waals surface area contributed by atoms with Crippen LogP contribution in [0.1, 0.15) is 33.1 Å². The molecular formula is C11H22N2O2. The number of nitrogens with two attached hydrogens (primary N) is 1. The van der Waals surface area contributed by atoms with Crippen molar-refractivity contribution in [1.82, 2.24) is 5.32 Å². The lowest BCUT2D eigenvalue weighted by atomic mass is 10.0. The predicted molar refractivity (Wildman–Crippen MR) is 59.2 cm³/mol. The van der Waals surface area contributed by atoms with Crippen LogP contribution in [0.3, 0.4) is 0 Å². The first-order chi connectivity index (χ1) is 7.00. The highest BCUT2D eigenvalue weighted by Gasteiger charge is 2.30. The molecule has 2 atom stereocenters. The van der Waals surface area contributed by atoms with Crippen molar-refractivity contribution < 1.29 is 9.90 Å². The Labute approximate surface area is 91.2 Å². The maximum atomic E-state index is 11.5. The van der Waals surface area contributed by atoms with Gasteiger partial charge in [0.1, 0.15) is 0 Å². The zero-order valence-electron chi connectivity index (χ0n) is 9.57. The highest BCUT2D eigenvalue weighted by Crippen LogP contribution is 2.32. The van der Waals surface area contributed by atoms with Crippen molar-refractivity contribution in [2.24, 2.45) is 17.6 Å². The van der Waals surface area contributed by atoms with Crippen LogP contribution >= 0.6 is 0 Å². The number of rotatable bonds is 6. The number of aliphatic hydroxyl groups is 1. The fourth-order valence-corrected chi connectivity index (χ4v) is 1.60. The van der Waals surface area contributed by atoms with Crippen molar-refractivity contribution in [3.63, 3.8) is 0 Å². The molecule has 1 aliphatic carbocycles. The second-order valence-electron chi connectivity index (χ2n) is 4.89. The second kappa shape index (κ2) is 5.47. The molecule has 0 aromatic rings. The molecule has 0 saturated heterocycles. The number of carbonyl (C=O) groups is 1. The summed E-state index contributed by atoms with van der Waals surface area (Å²) >= 11 is 0. The number of aliphatic hydroxyl groups excluding tert-OH is 1. The van der Waals surface area contributed by atoms with Gasteiger partial charge in [0, 0.05) is 6.54 Å². The fraction of sp³-hybridized carbons (Fsp3) is 0.909. The monoisotopic (exact) mass is 214 g/mol. The maximum absolute atomic E-state index is 11.5. The molecule has 1 fully saturated rings. The summed E-state index contributed by atoms with van der Waals surface area (Å²) in [5, 5.41) is 12.2. The molecule has 0 aromatic carbocycles. The van der Waals surface area contributed by atoms with E-state index in [0.29, 0.717) is 24.8 Å². The van der Waals surface area contributed by atoms with E-state index < -0.39 is 6.04 Å². The summed E-state index contributed by atoms with van der Waals surface area (Å²) in [5.74, 6) is 0.661. The highest BCUT2D eigenvalue weighted by atomic mass is 16.3. The molecule has 0 bridgehead atoms. The van der Waals surface area contributed by atoms with Crippen molar-refractivity contribution in [3.8, 4) is 0 Å². The van der Waals surface area contributed by atoms with Gasteiger partial charge in [-0.3, -0.25) is 4.79 Å². The van der Waals surface area contributed by atoms with E-state index in [9.17, 15) is 9.90 Å². The molecular weight excluding hydrogens is 192 g/mol. The van der Waals surface area contributed by atoms with Crippen LogP contribution in [0.25, 0.3) is 0 Å². The first-order valence-corrected chi connectivity index (χ1v) is 5.72. The molecule has 0 aromatic heterocycles. The third-order valence-electron chi connectivity index (χ3n) is 2.71. The van der Waals surface area contributed by atoms with Gasteiger partial charge in [0.25, 0.3) is 0 Å². The molecule has 0 aliphatic heterocycles. The molecule has 0 spiro atoms. The largest absolute Gasteiger partial charge is 0.391 e. The van der Waals surface area contributed by atoms with Gasteiger partial charge in [-0.2, -0.15) is 0 Å². The number of hydrogen-bond acceptors (Lipinski definition) is 3. The zero-order chi connectivity index (χ0) is 11.4. The van der Waals surface area contributed by atoms with Gasteiger partial charge >= 0.3 is 0 Å². The van der Waals surface area contributed by atoms with Crippen LogP contribution in [-0.2, 0) is 4.79 Å². The Hall–Kier alpha value is -0.610. The lowest BCUT2D eigenvalue weighted by molar-refractivity contribution is -0.123. The lowest BCUT2D eigenvalue weighted by Crippen LogP contribution is -2.44. The average molecular weight is 214 g/mol. The molecule has 4 nitrogen and oxygen atoms in total. The van der Waals surface area contributed by atoms with Gasteiger partial charge in [0.15, 0.2) is 0 Å². The smallest absolute Gasteiger partial charge is 0.237 e. The Balaban J connectivity index is 2.16. The highest BCUT2D eigenvalue weighted by molar-refractivity contribution is 5.81. The molecule has 1 amide bonds. The lowest BCUT2D eigenvalue weighted by Gasteiger charge is -2.16. The van der Waals surface area contributed by atoms with Crippen molar-refractivity contribution in [2.45, 2.75) is 45.3 Å².